The second-order valence-electron chi connectivity index (χ2n) is 2.85. The Kier molecular flexibility index (Phi) is 4.71. The van der Waals surface area contributed by atoms with Gasteiger partial charge in [0.25, 0.3) is 0 Å². The van der Waals surface area contributed by atoms with Crippen LogP contribution in [0.5, 0.6) is 0 Å². The van der Waals surface area contributed by atoms with Crippen molar-refractivity contribution in [1.82, 2.24) is 0 Å². The fourth-order valence-corrected chi connectivity index (χ4v) is 2.61. The van der Waals surface area contributed by atoms with Gasteiger partial charge in [-0.15, -0.1) is 3.63 Å². The summed E-state index contributed by atoms with van der Waals surface area (Å²) >= 11 is 0. The van der Waals surface area contributed by atoms with Gasteiger partial charge in [-0.05, 0) is 0 Å². The zero-order valence-corrected chi connectivity index (χ0v) is 9.97. The standard InChI is InChI=1S/C4HF9O5S2/c5-1(6)2(7,8)19(14,15)18-20(16,17)4(12,13)3(9,10)11/h1H. The Morgan fingerprint density at radius 3 is 1.35 bits per heavy atom. The van der Waals surface area contributed by atoms with Gasteiger partial charge in [-0.3, -0.25) is 0 Å². The summed E-state index contributed by atoms with van der Waals surface area (Å²) in [5, 5.41) is -13.2. The average Bonchev–Trinajstić information content (AvgIpc) is 2.12. The van der Waals surface area contributed by atoms with Crippen LogP contribution in [0, 0.1) is 0 Å². The summed E-state index contributed by atoms with van der Waals surface area (Å²) in [6, 6.07) is 0. The first kappa shape index (κ1) is 19.2. The minimum Gasteiger partial charge on any atom is -0.202 e. The number of rotatable bonds is 5. The second kappa shape index (κ2) is 4.90. The summed E-state index contributed by atoms with van der Waals surface area (Å²) in [7, 11) is -14.9. The first-order chi connectivity index (χ1) is 8.40. The average molecular weight is 364 g/mol. The van der Waals surface area contributed by atoms with Gasteiger partial charge in [0.2, 0.25) is 0 Å². The van der Waals surface area contributed by atoms with Gasteiger partial charge in [0.05, 0.1) is 0 Å². The van der Waals surface area contributed by atoms with Crippen molar-refractivity contribution in [2.45, 2.75) is 23.1 Å². The highest BCUT2D eigenvalue weighted by Crippen LogP contribution is 2.42. The Bertz CT molecular complexity index is 558. The molecule has 0 atom stereocenters. The van der Waals surface area contributed by atoms with E-state index in [9.17, 15) is 56.3 Å². The van der Waals surface area contributed by atoms with Crippen LogP contribution in [-0.4, -0.2) is 39.9 Å². The quantitative estimate of drug-likeness (QED) is 0.694. The van der Waals surface area contributed by atoms with Crippen LogP contribution in [0.2, 0.25) is 0 Å². The fourth-order valence-electron chi connectivity index (χ4n) is 0.457. The second-order valence-corrected chi connectivity index (χ2v) is 6.27. The molecule has 0 radical (unpaired) electrons. The van der Waals surface area contributed by atoms with Gasteiger partial charge < -0.3 is 0 Å². The van der Waals surface area contributed by atoms with Crippen LogP contribution in [0.25, 0.3) is 0 Å². The van der Waals surface area contributed by atoms with Gasteiger partial charge in [0.1, 0.15) is 0 Å². The maximum atomic E-state index is 12.3. The number of hydrogen-bond acceptors (Lipinski definition) is 5. The molecule has 0 aliphatic heterocycles. The lowest BCUT2D eigenvalue weighted by Gasteiger charge is -2.20. The molecule has 0 aliphatic carbocycles. The molecule has 0 unspecified atom stereocenters. The molecule has 5 nitrogen and oxygen atoms in total. The molecule has 0 aromatic carbocycles. The third-order valence-corrected chi connectivity index (χ3v) is 4.55. The number of halogens is 9. The molecule has 0 aromatic rings. The molecule has 0 saturated carbocycles. The van der Waals surface area contributed by atoms with Crippen LogP contribution in [-0.2, 0) is 23.9 Å². The van der Waals surface area contributed by atoms with Crippen LogP contribution in [0.3, 0.4) is 0 Å². The molecule has 0 heterocycles. The summed E-state index contributed by atoms with van der Waals surface area (Å²) in [5.74, 6) is 0. The summed E-state index contributed by atoms with van der Waals surface area (Å²) in [6.45, 7) is 0. The van der Waals surface area contributed by atoms with Crippen molar-refractivity contribution in [2.75, 3.05) is 0 Å². The molecule has 0 aliphatic rings. The van der Waals surface area contributed by atoms with Gasteiger partial charge >= 0.3 is 43.3 Å². The van der Waals surface area contributed by atoms with Crippen molar-refractivity contribution < 1.29 is 60.0 Å². The van der Waals surface area contributed by atoms with Crippen molar-refractivity contribution in [3.05, 3.63) is 0 Å². The van der Waals surface area contributed by atoms with E-state index in [0.717, 1.165) is 0 Å². The third kappa shape index (κ3) is 3.11. The lowest BCUT2D eigenvalue weighted by atomic mass is 10.7. The molecule has 0 fully saturated rings. The molecule has 122 valence electrons. The van der Waals surface area contributed by atoms with E-state index in [1.165, 1.54) is 0 Å². The predicted octanol–water partition coefficient (Wildman–Crippen LogP) is 1.68. The molecule has 16 heteroatoms. The van der Waals surface area contributed by atoms with E-state index in [2.05, 4.69) is 0 Å². The lowest BCUT2D eigenvalue weighted by molar-refractivity contribution is -0.243. The van der Waals surface area contributed by atoms with E-state index in [0.29, 0.717) is 0 Å². The molecule has 0 bridgehead atoms. The molecule has 0 amide bonds. The first-order valence-corrected chi connectivity index (χ1v) is 6.52. The molecular weight excluding hydrogens is 363 g/mol. The first-order valence-electron chi connectivity index (χ1n) is 3.71. The third-order valence-electron chi connectivity index (χ3n) is 1.41. The van der Waals surface area contributed by atoms with E-state index < -0.39 is 43.3 Å². The molecular formula is C4HF9O5S2. The maximum absolute atomic E-state index is 12.3. The van der Waals surface area contributed by atoms with Crippen molar-refractivity contribution in [3.63, 3.8) is 0 Å². The summed E-state index contributed by atoms with van der Waals surface area (Å²) in [4.78, 5) is 0. The van der Waals surface area contributed by atoms with Crippen molar-refractivity contribution in [3.8, 4) is 0 Å². The molecule has 0 saturated heterocycles. The van der Waals surface area contributed by atoms with E-state index in [4.69, 9.17) is 0 Å². The maximum Gasteiger partial charge on any atom is 0.472 e. The molecule has 0 aromatic heterocycles. The summed E-state index contributed by atoms with van der Waals surface area (Å²) in [6.07, 6.45) is -12.1. The topological polar surface area (TPSA) is 77.5 Å². The number of hydrogen-bond donors (Lipinski definition) is 0. The SMILES string of the molecule is O=S(=O)(OS(=O)(=O)C(F)(F)C(F)(F)F)C(F)(F)C(F)F. The van der Waals surface area contributed by atoms with Crippen molar-refractivity contribution in [2.24, 2.45) is 0 Å². The zero-order valence-electron chi connectivity index (χ0n) is 8.34. The van der Waals surface area contributed by atoms with Crippen LogP contribution in [0.15, 0.2) is 0 Å². The van der Waals surface area contributed by atoms with Crippen molar-refractivity contribution in [1.29, 1.82) is 0 Å². The minimum absolute atomic E-state index is 1.99. The van der Waals surface area contributed by atoms with E-state index >= 15 is 0 Å². The van der Waals surface area contributed by atoms with Gasteiger partial charge in [0.15, 0.2) is 0 Å². The van der Waals surface area contributed by atoms with Crippen LogP contribution in [0.1, 0.15) is 0 Å². The lowest BCUT2D eigenvalue weighted by Crippen LogP contribution is -2.48. The normalized spacial score (nSPS) is 15.7. The highest BCUT2D eigenvalue weighted by atomic mass is 32.3. The highest BCUT2D eigenvalue weighted by Gasteiger charge is 2.71. The van der Waals surface area contributed by atoms with Gasteiger partial charge in [-0.2, -0.15) is 47.6 Å². The summed E-state index contributed by atoms with van der Waals surface area (Å²) in [5.41, 5.74) is 0. The Morgan fingerprint density at radius 2 is 1.10 bits per heavy atom. The highest BCUT2D eigenvalue weighted by molar-refractivity contribution is 8.00. The summed E-state index contributed by atoms with van der Waals surface area (Å²) < 4.78 is 151. The molecule has 20 heavy (non-hydrogen) atoms. The smallest absolute Gasteiger partial charge is 0.202 e. The predicted molar refractivity (Wildman–Crippen MR) is 40.9 cm³/mol. The van der Waals surface area contributed by atoms with E-state index in [-0.39, 0.29) is 0 Å². The van der Waals surface area contributed by atoms with Crippen LogP contribution in [0.4, 0.5) is 39.5 Å². The van der Waals surface area contributed by atoms with E-state index in [1.54, 1.807) is 0 Å². The van der Waals surface area contributed by atoms with Crippen LogP contribution < -0.4 is 0 Å². The monoisotopic (exact) mass is 364 g/mol. The minimum atomic E-state index is -7.55. The van der Waals surface area contributed by atoms with Gasteiger partial charge in [0, 0.05) is 0 Å². The number of alkyl halides is 9. The van der Waals surface area contributed by atoms with Gasteiger partial charge in [-0.1, -0.05) is 0 Å². The largest absolute Gasteiger partial charge is 0.472 e. The molecule has 0 rings (SSSR count). The van der Waals surface area contributed by atoms with E-state index in [1.807, 2.05) is 3.63 Å². The van der Waals surface area contributed by atoms with Crippen LogP contribution >= 0.6 is 0 Å². The van der Waals surface area contributed by atoms with Gasteiger partial charge in [-0.25, -0.2) is 8.78 Å². The fraction of sp³-hybridized carbons (Fsp3) is 1.00. The Labute approximate surface area is 104 Å². The Balaban J connectivity index is 5.77. The zero-order chi connectivity index (χ0) is 16.8. The molecule has 0 spiro atoms. The molecule has 0 N–H and O–H groups in total. The Morgan fingerprint density at radius 1 is 0.750 bits per heavy atom. The Hall–Kier alpha value is -0.770. The van der Waals surface area contributed by atoms with Crippen molar-refractivity contribution >= 4 is 20.2 Å².